The van der Waals surface area contributed by atoms with E-state index in [1.807, 2.05) is 24.3 Å². The third-order valence-corrected chi connectivity index (χ3v) is 4.97. The molecule has 136 valence electrons. The summed E-state index contributed by atoms with van der Waals surface area (Å²) in [5, 5.41) is 19.2. The molecule has 0 radical (unpaired) electrons. The van der Waals surface area contributed by atoms with E-state index in [0.29, 0.717) is 6.42 Å². The van der Waals surface area contributed by atoms with E-state index in [9.17, 15) is 15.0 Å². The summed E-state index contributed by atoms with van der Waals surface area (Å²) in [7, 11) is 1.43. The summed E-state index contributed by atoms with van der Waals surface area (Å²) in [5.74, 6) is 0.592. The molecule has 0 aliphatic heterocycles. The van der Waals surface area contributed by atoms with Crippen molar-refractivity contribution in [1.29, 1.82) is 0 Å². The van der Waals surface area contributed by atoms with Crippen LogP contribution in [0.5, 0.6) is 11.5 Å². The number of esters is 1. The second-order valence-electron chi connectivity index (χ2n) is 6.81. The van der Waals surface area contributed by atoms with Gasteiger partial charge in [-0.15, -0.1) is 0 Å². The number of rotatable bonds is 4. The molecule has 2 N–H and O–H groups in total. The van der Waals surface area contributed by atoms with Gasteiger partial charge in [0.2, 0.25) is 0 Å². The summed E-state index contributed by atoms with van der Waals surface area (Å²) < 4.78 is 4.83. The van der Waals surface area contributed by atoms with Crippen LogP contribution in [0.15, 0.2) is 54.1 Å². The van der Waals surface area contributed by atoms with Crippen molar-refractivity contribution in [2.24, 2.45) is 5.92 Å². The molecule has 3 rings (SSSR count). The Balaban J connectivity index is 2.01. The van der Waals surface area contributed by atoms with Gasteiger partial charge in [0.25, 0.3) is 0 Å². The number of benzene rings is 2. The van der Waals surface area contributed by atoms with Crippen molar-refractivity contribution >= 4 is 11.5 Å². The summed E-state index contributed by atoms with van der Waals surface area (Å²) in [6, 6.07) is 14.4. The Kier molecular flexibility index (Phi) is 5.61. The van der Waals surface area contributed by atoms with Gasteiger partial charge < -0.3 is 14.9 Å². The van der Waals surface area contributed by atoms with E-state index in [0.717, 1.165) is 42.4 Å². The fourth-order valence-electron chi connectivity index (χ4n) is 3.71. The lowest BCUT2D eigenvalue weighted by molar-refractivity contribution is -0.141. The number of methoxy groups -OCH3 is 1. The number of hydrogen-bond acceptors (Lipinski definition) is 4. The van der Waals surface area contributed by atoms with Crippen LogP contribution in [0.25, 0.3) is 5.57 Å². The minimum atomic E-state index is -0.160. The Morgan fingerprint density at radius 3 is 2.04 bits per heavy atom. The number of carbonyl (C=O) groups is 1. The first-order valence-corrected chi connectivity index (χ1v) is 8.94. The van der Waals surface area contributed by atoms with Crippen LogP contribution < -0.4 is 0 Å². The highest BCUT2D eigenvalue weighted by molar-refractivity contribution is 5.82. The monoisotopic (exact) mass is 351 g/mol. The van der Waals surface area contributed by atoms with E-state index in [1.165, 1.54) is 12.7 Å². The summed E-state index contributed by atoms with van der Waals surface area (Å²) in [5.41, 5.74) is 4.49. The van der Waals surface area contributed by atoms with Crippen LogP contribution >= 0.6 is 0 Å². The highest BCUT2D eigenvalue weighted by atomic mass is 16.5. The summed E-state index contributed by atoms with van der Waals surface area (Å²) in [4.78, 5) is 11.7. The summed E-state index contributed by atoms with van der Waals surface area (Å²) >= 11 is 0. The molecule has 1 aliphatic carbocycles. The highest BCUT2D eigenvalue weighted by Gasteiger charge is 2.23. The fourth-order valence-corrected chi connectivity index (χ4v) is 3.71. The lowest BCUT2D eigenvalue weighted by atomic mass is 9.79. The zero-order valence-electron chi connectivity index (χ0n) is 14.9. The smallest absolute Gasteiger partial charge is 0.305 e. The van der Waals surface area contributed by atoms with Gasteiger partial charge in [0, 0.05) is 6.42 Å². The van der Waals surface area contributed by atoms with Gasteiger partial charge in [0.05, 0.1) is 7.11 Å². The molecule has 1 unspecified atom stereocenters. The molecule has 1 atom stereocenters. The molecule has 1 aliphatic rings. The van der Waals surface area contributed by atoms with E-state index in [1.54, 1.807) is 24.3 Å². The molecule has 4 heteroatoms. The molecule has 0 spiro atoms. The molecule has 4 nitrogen and oxygen atoms in total. The van der Waals surface area contributed by atoms with Crippen LogP contribution in [0.3, 0.4) is 0 Å². The van der Waals surface area contributed by atoms with E-state index in [2.05, 4.69) is 0 Å². The molecule has 2 aromatic rings. The van der Waals surface area contributed by atoms with Gasteiger partial charge in [-0.05, 0) is 72.6 Å². The van der Waals surface area contributed by atoms with Crippen molar-refractivity contribution in [2.45, 2.75) is 32.1 Å². The molecule has 26 heavy (non-hydrogen) atoms. The second-order valence-corrected chi connectivity index (χ2v) is 6.81. The Morgan fingerprint density at radius 1 is 1.00 bits per heavy atom. The quantitative estimate of drug-likeness (QED) is 0.787. The van der Waals surface area contributed by atoms with Crippen LogP contribution in [0, 0.1) is 5.92 Å². The molecule has 1 saturated carbocycles. The third-order valence-electron chi connectivity index (χ3n) is 4.97. The Hall–Kier alpha value is -2.75. The van der Waals surface area contributed by atoms with Gasteiger partial charge in [-0.3, -0.25) is 4.79 Å². The number of phenolic OH excluding ortho intramolecular Hbond substituents is 2. The van der Waals surface area contributed by atoms with Crippen LogP contribution in [0.2, 0.25) is 0 Å². The Bertz CT molecular complexity index is 740. The number of ether oxygens (including phenoxy) is 1. The maximum absolute atomic E-state index is 11.7. The fraction of sp³-hybridized carbons (Fsp3) is 0.318. The van der Waals surface area contributed by atoms with E-state index in [4.69, 9.17) is 4.74 Å². The molecular formula is C22H24O4. The van der Waals surface area contributed by atoms with Crippen LogP contribution in [0.4, 0.5) is 0 Å². The standard InChI is InChI=1S/C22H24O4/c1-26-21(25)14-15-3-2-4-18(13-15)22(16-5-9-19(23)10-6-16)17-7-11-20(24)12-8-17/h5-12,15,23-24H,2-4,13-14H2,1H3/i1-1. The molecule has 2 aromatic carbocycles. The molecule has 1 fully saturated rings. The zero-order valence-corrected chi connectivity index (χ0v) is 14.9. The van der Waals surface area contributed by atoms with Crippen molar-refractivity contribution in [2.75, 3.05) is 7.11 Å². The topological polar surface area (TPSA) is 66.8 Å². The SMILES string of the molecule is [11CH3]OC(=O)CC1CCCC(=C(c2ccc(O)cc2)c2ccc(O)cc2)C1. The van der Waals surface area contributed by atoms with Crippen molar-refractivity contribution in [3.05, 3.63) is 65.2 Å². The average molecular weight is 351 g/mol. The van der Waals surface area contributed by atoms with E-state index < -0.39 is 0 Å². The molecule has 0 bridgehead atoms. The molecule has 0 amide bonds. The molecule has 0 heterocycles. The summed E-state index contributed by atoms with van der Waals surface area (Å²) in [6.45, 7) is 0. The van der Waals surface area contributed by atoms with Gasteiger partial charge in [-0.25, -0.2) is 0 Å². The molecular weight excluding hydrogens is 327 g/mol. The third kappa shape index (κ3) is 4.26. The number of aromatic hydroxyl groups is 2. The van der Waals surface area contributed by atoms with Gasteiger partial charge in [0.15, 0.2) is 0 Å². The minimum Gasteiger partial charge on any atom is -0.508 e. The highest BCUT2D eigenvalue weighted by Crippen LogP contribution is 2.39. The molecule has 0 saturated heterocycles. The predicted molar refractivity (Wildman–Crippen MR) is 101 cm³/mol. The van der Waals surface area contributed by atoms with Crippen LogP contribution in [-0.4, -0.2) is 23.3 Å². The summed E-state index contributed by atoms with van der Waals surface area (Å²) in [6.07, 6.45) is 4.34. The van der Waals surface area contributed by atoms with E-state index in [-0.39, 0.29) is 23.4 Å². The lowest BCUT2D eigenvalue weighted by Crippen LogP contribution is -2.15. The first kappa shape index (κ1) is 18.1. The number of phenols is 2. The number of carbonyl (C=O) groups excluding carboxylic acids is 1. The molecule has 0 aromatic heterocycles. The van der Waals surface area contributed by atoms with Crippen molar-refractivity contribution in [1.82, 2.24) is 0 Å². The average Bonchev–Trinajstić information content (AvgIpc) is 2.65. The first-order valence-electron chi connectivity index (χ1n) is 8.94. The maximum Gasteiger partial charge on any atom is 0.305 e. The van der Waals surface area contributed by atoms with Crippen molar-refractivity contribution in [3.8, 4) is 11.5 Å². The van der Waals surface area contributed by atoms with Gasteiger partial charge in [0.1, 0.15) is 11.5 Å². The van der Waals surface area contributed by atoms with E-state index >= 15 is 0 Å². The predicted octanol–water partition coefficient (Wildman–Crippen LogP) is 4.65. The Labute approximate surface area is 153 Å². The number of hydrogen-bond donors (Lipinski definition) is 2. The Morgan fingerprint density at radius 2 is 1.54 bits per heavy atom. The normalized spacial score (nSPS) is 17.0. The zero-order chi connectivity index (χ0) is 18.5. The number of allylic oxidation sites excluding steroid dienone is 1. The van der Waals surface area contributed by atoms with Crippen molar-refractivity contribution < 1.29 is 19.7 Å². The second kappa shape index (κ2) is 8.09. The van der Waals surface area contributed by atoms with Gasteiger partial charge in [-0.1, -0.05) is 29.8 Å². The van der Waals surface area contributed by atoms with Gasteiger partial charge in [-0.2, -0.15) is 0 Å². The lowest BCUT2D eigenvalue weighted by Gasteiger charge is -2.26. The van der Waals surface area contributed by atoms with Crippen LogP contribution in [-0.2, 0) is 9.53 Å². The minimum absolute atomic E-state index is 0.160. The first-order chi connectivity index (χ1) is 12.6. The maximum atomic E-state index is 11.7. The van der Waals surface area contributed by atoms with Crippen molar-refractivity contribution in [3.63, 3.8) is 0 Å². The largest absolute Gasteiger partial charge is 0.508 e. The van der Waals surface area contributed by atoms with Gasteiger partial charge >= 0.3 is 5.97 Å². The van der Waals surface area contributed by atoms with Crippen LogP contribution in [0.1, 0.15) is 43.2 Å².